The monoisotopic (exact) mass is 100 g/mol. The van der Waals surface area contributed by atoms with Crippen LogP contribution in [0.15, 0.2) is 0 Å². The summed E-state index contributed by atoms with van der Waals surface area (Å²) in [4.78, 5) is 2.18. The van der Waals surface area contributed by atoms with E-state index in [0.717, 1.165) is 19.6 Å². The van der Waals surface area contributed by atoms with E-state index >= 15 is 0 Å². The van der Waals surface area contributed by atoms with E-state index in [-0.39, 0.29) is 0 Å². The van der Waals surface area contributed by atoms with E-state index in [1.165, 1.54) is 0 Å². The Morgan fingerprint density at radius 3 is 2.43 bits per heavy atom. The van der Waals surface area contributed by atoms with Crippen molar-refractivity contribution in [3.8, 4) is 0 Å². The summed E-state index contributed by atoms with van der Waals surface area (Å²) in [5.41, 5.74) is 0. The molecule has 7 heavy (non-hydrogen) atoms. The van der Waals surface area contributed by atoms with Gasteiger partial charge in [0.2, 0.25) is 0 Å². The standard InChI is InChI=1S/C5H10NO/c7-5-4-6-2-1-3-6/h1,7H,2-5H2. The Morgan fingerprint density at radius 1 is 1.57 bits per heavy atom. The average molecular weight is 100 g/mol. The minimum atomic E-state index is 0.299. The molecule has 0 aromatic carbocycles. The first-order valence-electron chi connectivity index (χ1n) is 2.58. The lowest BCUT2D eigenvalue weighted by Crippen LogP contribution is -2.39. The Bertz CT molecular complexity index is 52.0. The first-order chi connectivity index (χ1) is 3.43. The molecule has 0 aromatic rings. The van der Waals surface area contributed by atoms with E-state index in [4.69, 9.17) is 5.11 Å². The van der Waals surface area contributed by atoms with Crippen LogP contribution in [-0.2, 0) is 0 Å². The average Bonchev–Trinajstić information content (AvgIpc) is 1.55. The Labute approximate surface area is 43.7 Å². The van der Waals surface area contributed by atoms with Crippen LogP contribution in [0.25, 0.3) is 0 Å². The summed E-state index contributed by atoms with van der Waals surface area (Å²) in [5.74, 6) is 0. The lowest BCUT2D eigenvalue weighted by Gasteiger charge is -2.29. The van der Waals surface area contributed by atoms with Gasteiger partial charge in [0.05, 0.1) is 6.61 Å². The van der Waals surface area contributed by atoms with Crippen LogP contribution in [0.2, 0.25) is 0 Å². The Hall–Kier alpha value is -0.0800. The molecule has 1 aliphatic rings. The van der Waals surface area contributed by atoms with Crippen LogP contribution in [0, 0.1) is 6.42 Å². The SMILES string of the molecule is OCCN1C[CH]C1. The Balaban J connectivity index is 1.93. The molecule has 0 aromatic heterocycles. The summed E-state index contributed by atoms with van der Waals surface area (Å²) < 4.78 is 0. The smallest absolute Gasteiger partial charge is 0.0558 e. The molecular weight excluding hydrogens is 90.1 g/mol. The van der Waals surface area contributed by atoms with Crippen molar-refractivity contribution in [3.63, 3.8) is 0 Å². The summed E-state index contributed by atoms with van der Waals surface area (Å²) in [5, 5.41) is 8.35. The van der Waals surface area contributed by atoms with E-state index in [1.807, 2.05) is 0 Å². The molecule has 0 unspecified atom stereocenters. The molecule has 0 spiro atoms. The van der Waals surface area contributed by atoms with Crippen LogP contribution in [-0.4, -0.2) is 36.2 Å². The number of β-amino-alcohol motifs (C(OH)–C–C–N with tert-alkyl or cyclic N) is 1. The first-order valence-corrected chi connectivity index (χ1v) is 2.58. The van der Waals surface area contributed by atoms with Gasteiger partial charge in [-0.1, -0.05) is 0 Å². The number of rotatable bonds is 2. The van der Waals surface area contributed by atoms with Crippen molar-refractivity contribution in [2.75, 3.05) is 26.2 Å². The number of aliphatic hydroxyl groups excluding tert-OH is 1. The van der Waals surface area contributed by atoms with Gasteiger partial charge in [-0.15, -0.1) is 0 Å². The highest BCUT2D eigenvalue weighted by atomic mass is 16.3. The van der Waals surface area contributed by atoms with Gasteiger partial charge in [-0.25, -0.2) is 0 Å². The second-order valence-electron chi connectivity index (χ2n) is 1.77. The van der Waals surface area contributed by atoms with Gasteiger partial charge in [-0.05, 0) is 6.42 Å². The van der Waals surface area contributed by atoms with Crippen LogP contribution in [0.5, 0.6) is 0 Å². The zero-order valence-electron chi connectivity index (χ0n) is 4.30. The predicted molar refractivity (Wildman–Crippen MR) is 27.8 cm³/mol. The summed E-state index contributed by atoms with van der Waals surface area (Å²) in [6.07, 6.45) is 2.19. The molecule has 0 saturated carbocycles. The molecule has 0 atom stereocenters. The number of aliphatic hydroxyl groups is 1. The van der Waals surface area contributed by atoms with E-state index in [2.05, 4.69) is 11.3 Å². The predicted octanol–water partition coefficient (Wildman–Crippen LogP) is -0.501. The Morgan fingerprint density at radius 2 is 2.29 bits per heavy atom. The molecule has 41 valence electrons. The van der Waals surface area contributed by atoms with Gasteiger partial charge in [-0.2, -0.15) is 0 Å². The summed E-state index contributed by atoms with van der Waals surface area (Å²) in [6.45, 7) is 3.28. The third-order valence-electron chi connectivity index (χ3n) is 1.19. The molecule has 1 aliphatic heterocycles. The molecule has 1 radical (unpaired) electrons. The normalized spacial score (nSPS) is 21.9. The fourth-order valence-electron chi connectivity index (χ4n) is 0.636. The number of nitrogens with zero attached hydrogens (tertiary/aromatic N) is 1. The van der Waals surface area contributed by atoms with Crippen LogP contribution in [0.4, 0.5) is 0 Å². The van der Waals surface area contributed by atoms with Gasteiger partial charge < -0.3 is 10.0 Å². The van der Waals surface area contributed by atoms with Crippen molar-refractivity contribution in [2.45, 2.75) is 0 Å². The maximum Gasteiger partial charge on any atom is 0.0558 e. The molecule has 0 aliphatic carbocycles. The molecule has 0 amide bonds. The molecule has 2 nitrogen and oxygen atoms in total. The second kappa shape index (κ2) is 2.28. The third kappa shape index (κ3) is 1.14. The fraction of sp³-hybridized carbons (Fsp3) is 0.800. The van der Waals surface area contributed by atoms with Crippen molar-refractivity contribution in [1.82, 2.24) is 4.90 Å². The molecule has 1 saturated heterocycles. The van der Waals surface area contributed by atoms with Crippen LogP contribution >= 0.6 is 0 Å². The summed E-state index contributed by atoms with van der Waals surface area (Å²) in [7, 11) is 0. The van der Waals surface area contributed by atoms with Gasteiger partial charge in [-0.3, -0.25) is 0 Å². The molecular formula is C5H10NO. The van der Waals surface area contributed by atoms with E-state index in [1.54, 1.807) is 0 Å². The van der Waals surface area contributed by atoms with Gasteiger partial charge in [0.25, 0.3) is 0 Å². The molecule has 0 bridgehead atoms. The van der Waals surface area contributed by atoms with Gasteiger partial charge in [0.15, 0.2) is 0 Å². The number of hydrogen-bond acceptors (Lipinski definition) is 2. The quantitative estimate of drug-likeness (QED) is 0.505. The van der Waals surface area contributed by atoms with Gasteiger partial charge >= 0.3 is 0 Å². The zero-order chi connectivity index (χ0) is 5.11. The lowest BCUT2D eigenvalue weighted by atomic mass is 10.2. The number of likely N-dealkylation sites (tertiary alicyclic amines) is 1. The fourth-order valence-corrected chi connectivity index (χ4v) is 0.636. The minimum Gasteiger partial charge on any atom is -0.395 e. The first kappa shape index (κ1) is 5.06. The minimum absolute atomic E-state index is 0.299. The highest BCUT2D eigenvalue weighted by Crippen LogP contribution is 2.01. The molecule has 1 fully saturated rings. The van der Waals surface area contributed by atoms with Crippen molar-refractivity contribution < 1.29 is 5.11 Å². The molecule has 1 rings (SSSR count). The largest absolute Gasteiger partial charge is 0.395 e. The van der Waals surface area contributed by atoms with E-state index < -0.39 is 0 Å². The van der Waals surface area contributed by atoms with E-state index in [9.17, 15) is 0 Å². The second-order valence-corrected chi connectivity index (χ2v) is 1.77. The lowest BCUT2D eigenvalue weighted by molar-refractivity contribution is 0.178. The van der Waals surface area contributed by atoms with E-state index in [0.29, 0.717) is 6.61 Å². The highest BCUT2D eigenvalue weighted by Gasteiger charge is 2.11. The van der Waals surface area contributed by atoms with Crippen LogP contribution in [0.1, 0.15) is 0 Å². The highest BCUT2D eigenvalue weighted by molar-refractivity contribution is 4.85. The van der Waals surface area contributed by atoms with Crippen LogP contribution < -0.4 is 0 Å². The molecule has 1 heterocycles. The third-order valence-corrected chi connectivity index (χ3v) is 1.19. The van der Waals surface area contributed by atoms with Crippen molar-refractivity contribution >= 4 is 0 Å². The molecule has 1 N–H and O–H groups in total. The molecule has 2 heteroatoms. The summed E-state index contributed by atoms with van der Waals surface area (Å²) in [6, 6.07) is 0. The Kier molecular flexibility index (Phi) is 1.65. The van der Waals surface area contributed by atoms with Crippen molar-refractivity contribution in [1.29, 1.82) is 0 Å². The zero-order valence-corrected chi connectivity index (χ0v) is 4.30. The van der Waals surface area contributed by atoms with Crippen molar-refractivity contribution in [3.05, 3.63) is 6.42 Å². The maximum atomic E-state index is 8.35. The van der Waals surface area contributed by atoms with Gasteiger partial charge in [0, 0.05) is 19.6 Å². The van der Waals surface area contributed by atoms with Gasteiger partial charge in [0.1, 0.15) is 0 Å². The number of hydrogen-bond donors (Lipinski definition) is 1. The summed E-state index contributed by atoms with van der Waals surface area (Å²) >= 11 is 0. The van der Waals surface area contributed by atoms with Crippen LogP contribution in [0.3, 0.4) is 0 Å². The topological polar surface area (TPSA) is 23.5 Å². The maximum absolute atomic E-state index is 8.35. The van der Waals surface area contributed by atoms with Crippen molar-refractivity contribution in [2.24, 2.45) is 0 Å².